The fourth-order valence-corrected chi connectivity index (χ4v) is 2.11. The lowest BCUT2D eigenvalue weighted by Gasteiger charge is -2.02. The zero-order valence-corrected chi connectivity index (χ0v) is 12.8. The molecule has 0 atom stereocenters. The summed E-state index contributed by atoms with van der Waals surface area (Å²) in [6.07, 6.45) is 12.4. The van der Waals surface area contributed by atoms with E-state index < -0.39 is 0 Å². The predicted octanol–water partition coefficient (Wildman–Crippen LogP) is 5.30. The Labute approximate surface area is 123 Å². The summed E-state index contributed by atoms with van der Waals surface area (Å²) in [4.78, 5) is 0. The number of benzene rings is 1. The van der Waals surface area contributed by atoms with E-state index in [0.717, 1.165) is 18.1 Å². The Hall–Kier alpha value is -0.790. The first-order chi connectivity index (χ1) is 9.33. The molecule has 0 radical (unpaired) electrons. The van der Waals surface area contributed by atoms with E-state index in [1.165, 1.54) is 44.1 Å². The Morgan fingerprint density at radius 2 is 1.68 bits per heavy atom. The van der Waals surface area contributed by atoms with Gasteiger partial charge >= 0.3 is 0 Å². The molecule has 0 spiro atoms. The van der Waals surface area contributed by atoms with Crippen LogP contribution in [0.25, 0.3) is 6.08 Å². The van der Waals surface area contributed by atoms with Crippen molar-refractivity contribution in [3.63, 3.8) is 0 Å². The third kappa shape index (κ3) is 8.85. The molecule has 0 saturated carbocycles. The minimum atomic E-state index is 0.790. The summed E-state index contributed by atoms with van der Waals surface area (Å²) < 4.78 is 0. The topological polar surface area (TPSA) is 12.0 Å². The minimum absolute atomic E-state index is 0.790. The van der Waals surface area contributed by atoms with Gasteiger partial charge in [-0.3, -0.25) is 0 Å². The highest BCUT2D eigenvalue weighted by atomic mass is 35.5. The van der Waals surface area contributed by atoms with Crippen LogP contribution < -0.4 is 5.32 Å². The number of unbranched alkanes of at least 4 members (excludes halogenated alkanes) is 5. The van der Waals surface area contributed by atoms with Crippen molar-refractivity contribution < 1.29 is 0 Å². The van der Waals surface area contributed by atoms with Gasteiger partial charge in [0.05, 0.1) is 0 Å². The van der Waals surface area contributed by atoms with Gasteiger partial charge in [-0.1, -0.05) is 74.9 Å². The van der Waals surface area contributed by atoms with Gasteiger partial charge in [0.25, 0.3) is 0 Å². The van der Waals surface area contributed by atoms with Crippen molar-refractivity contribution in [3.8, 4) is 0 Å². The molecule has 19 heavy (non-hydrogen) atoms. The summed E-state index contributed by atoms with van der Waals surface area (Å²) in [7, 11) is 0. The molecule has 0 aromatic heterocycles. The fraction of sp³-hybridized carbons (Fsp3) is 0.529. The smallest absolute Gasteiger partial charge is 0.0406 e. The van der Waals surface area contributed by atoms with Gasteiger partial charge in [-0.2, -0.15) is 0 Å². The third-order valence-corrected chi connectivity index (χ3v) is 3.40. The molecule has 1 aromatic rings. The molecule has 0 bridgehead atoms. The van der Waals surface area contributed by atoms with Gasteiger partial charge in [-0.05, 0) is 30.7 Å². The minimum Gasteiger partial charge on any atom is -0.313 e. The van der Waals surface area contributed by atoms with E-state index in [1.807, 2.05) is 24.3 Å². The SMILES string of the molecule is CCCCCCCCNCC=Cc1ccc(Cl)cc1. The van der Waals surface area contributed by atoms with Crippen LogP contribution in [0.1, 0.15) is 51.0 Å². The van der Waals surface area contributed by atoms with Gasteiger partial charge in [0, 0.05) is 11.6 Å². The van der Waals surface area contributed by atoms with E-state index in [9.17, 15) is 0 Å². The molecule has 2 heteroatoms. The summed E-state index contributed by atoms with van der Waals surface area (Å²) >= 11 is 5.84. The maximum Gasteiger partial charge on any atom is 0.0406 e. The van der Waals surface area contributed by atoms with E-state index in [2.05, 4.69) is 24.4 Å². The zero-order chi connectivity index (χ0) is 13.8. The van der Waals surface area contributed by atoms with Crippen LogP contribution >= 0.6 is 11.6 Å². The van der Waals surface area contributed by atoms with Crippen molar-refractivity contribution in [2.24, 2.45) is 0 Å². The van der Waals surface area contributed by atoms with Crippen LogP contribution in [0.4, 0.5) is 0 Å². The average molecular weight is 280 g/mol. The quantitative estimate of drug-likeness (QED) is 0.573. The first-order valence-electron chi connectivity index (χ1n) is 7.45. The van der Waals surface area contributed by atoms with E-state index >= 15 is 0 Å². The molecule has 0 fully saturated rings. The second kappa shape index (κ2) is 11.1. The predicted molar refractivity (Wildman–Crippen MR) is 86.7 cm³/mol. The van der Waals surface area contributed by atoms with E-state index in [0.29, 0.717) is 0 Å². The summed E-state index contributed by atoms with van der Waals surface area (Å²) in [5.74, 6) is 0. The number of nitrogens with one attached hydrogen (secondary N) is 1. The molecular weight excluding hydrogens is 254 g/mol. The molecule has 0 saturated heterocycles. The Kier molecular flexibility index (Phi) is 9.48. The van der Waals surface area contributed by atoms with Crippen LogP contribution in [-0.2, 0) is 0 Å². The molecular formula is C17H26ClN. The molecule has 0 heterocycles. The van der Waals surface area contributed by atoms with Crippen molar-refractivity contribution in [3.05, 3.63) is 40.9 Å². The first kappa shape index (κ1) is 16.3. The monoisotopic (exact) mass is 279 g/mol. The zero-order valence-electron chi connectivity index (χ0n) is 12.0. The molecule has 106 valence electrons. The molecule has 0 aliphatic carbocycles. The number of hydrogen-bond donors (Lipinski definition) is 1. The van der Waals surface area contributed by atoms with Crippen LogP contribution in [0.15, 0.2) is 30.3 Å². The molecule has 0 aliphatic rings. The van der Waals surface area contributed by atoms with Gasteiger partial charge in [-0.15, -0.1) is 0 Å². The van der Waals surface area contributed by atoms with Crippen molar-refractivity contribution in [2.75, 3.05) is 13.1 Å². The largest absolute Gasteiger partial charge is 0.313 e. The van der Waals surface area contributed by atoms with Crippen molar-refractivity contribution in [2.45, 2.75) is 45.4 Å². The Bertz CT molecular complexity index is 343. The normalized spacial score (nSPS) is 11.3. The summed E-state index contributed by atoms with van der Waals surface area (Å²) in [6, 6.07) is 7.91. The van der Waals surface area contributed by atoms with Crippen LogP contribution in [0.5, 0.6) is 0 Å². The van der Waals surface area contributed by atoms with Crippen molar-refractivity contribution in [1.82, 2.24) is 5.32 Å². The number of rotatable bonds is 10. The standard InChI is InChI=1S/C17H26ClN/c1-2-3-4-5-6-7-14-19-15-8-9-16-10-12-17(18)13-11-16/h8-13,19H,2-7,14-15H2,1H3. The third-order valence-electron chi connectivity index (χ3n) is 3.15. The van der Waals surface area contributed by atoms with Crippen LogP contribution in [0, 0.1) is 0 Å². The summed E-state index contributed by atoms with van der Waals surface area (Å²) in [6.45, 7) is 4.32. The molecule has 1 rings (SSSR count). The Morgan fingerprint density at radius 3 is 2.42 bits per heavy atom. The van der Waals surface area contributed by atoms with E-state index in [1.54, 1.807) is 0 Å². The number of halogens is 1. The maximum absolute atomic E-state index is 5.84. The lowest BCUT2D eigenvalue weighted by Crippen LogP contribution is -2.14. The molecule has 0 aliphatic heterocycles. The second-order valence-corrected chi connectivity index (χ2v) is 5.36. The van der Waals surface area contributed by atoms with Crippen LogP contribution in [0.2, 0.25) is 5.02 Å². The van der Waals surface area contributed by atoms with Gasteiger partial charge in [0.15, 0.2) is 0 Å². The Balaban J connectivity index is 1.97. The molecule has 0 amide bonds. The molecule has 0 unspecified atom stereocenters. The molecule has 1 N–H and O–H groups in total. The maximum atomic E-state index is 5.84. The van der Waals surface area contributed by atoms with Crippen molar-refractivity contribution >= 4 is 17.7 Å². The van der Waals surface area contributed by atoms with Crippen molar-refractivity contribution in [1.29, 1.82) is 0 Å². The Morgan fingerprint density at radius 1 is 1.00 bits per heavy atom. The lowest BCUT2D eigenvalue weighted by molar-refractivity contribution is 0.585. The highest BCUT2D eigenvalue weighted by molar-refractivity contribution is 6.30. The highest BCUT2D eigenvalue weighted by Gasteiger charge is 1.90. The molecule has 1 nitrogen and oxygen atoms in total. The fourth-order valence-electron chi connectivity index (χ4n) is 1.98. The second-order valence-electron chi connectivity index (χ2n) is 4.93. The van der Waals surface area contributed by atoms with Gasteiger partial charge in [-0.25, -0.2) is 0 Å². The summed E-state index contributed by atoms with van der Waals surface area (Å²) in [5.41, 5.74) is 1.20. The summed E-state index contributed by atoms with van der Waals surface area (Å²) in [5, 5.41) is 4.24. The van der Waals surface area contributed by atoms with Gasteiger partial charge in [0.2, 0.25) is 0 Å². The highest BCUT2D eigenvalue weighted by Crippen LogP contribution is 2.10. The van der Waals surface area contributed by atoms with Gasteiger partial charge < -0.3 is 5.32 Å². The van der Waals surface area contributed by atoms with Gasteiger partial charge in [0.1, 0.15) is 0 Å². The van der Waals surface area contributed by atoms with E-state index in [-0.39, 0.29) is 0 Å². The molecule has 1 aromatic carbocycles. The van der Waals surface area contributed by atoms with E-state index in [4.69, 9.17) is 11.6 Å². The number of hydrogen-bond acceptors (Lipinski definition) is 1. The first-order valence-corrected chi connectivity index (χ1v) is 7.83. The van der Waals surface area contributed by atoms with Crippen LogP contribution in [0.3, 0.4) is 0 Å². The average Bonchev–Trinajstić information content (AvgIpc) is 2.43. The van der Waals surface area contributed by atoms with Crippen LogP contribution in [-0.4, -0.2) is 13.1 Å². The lowest BCUT2D eigenvalue weighted by atomic mass is 10.1.